The molecule has 0 saturated heterocycles. The number of hydrogen-bond acceptors (Lipinski definition) is 6. The molecule has 6 heteroatoms. The van der Waals surface area contributed by atoms with E-state index in [0.717, 1.165) is 11.3 Å². The van der Waals surface area contributed by atoms with Crippen molar-refractivity contribution in [2.45, 2.75) is 0 Å². The molecule has 0 amide bonds. The summed E-state index contributed by atoms with van der Waals surface area (Å²) in [4.78, 5) is 7.87. The third-order valence-corrected chi connectivity index (χ3v) is 2.60. The molecule has 2 aromatic heterocycles. The fourth-order valence-corrected chi connectivity index (χ4v) is 1.75. The van der Waals surface area contributed by atoms with E-state index in [2.05, 4.69) is 15.1 Å². The Bertz CT molecular complexity index is 688. The van der Waals surface area contributed by atoms with Crippen molar-refractivity contribution in [2.75, 3.05) is 11.5 Å². The summed E-state index contributed by atoms with van der Waals surface area (Å²) in [5.74, 6) is 0.896. The van der Waals surface area contributed by atoms with Gasteiger partial charge in [-0.05, 0) is 0 Å². The van der Waals surface area contributed by atoms with Crippen LogP contribution in [0.15, 0.2) is 47.0 Å². The monoisotopic (exact) mass is 253 g/mol. The molecule has 0 radical (unpaired) electrons. The van der Waals surface area contributed by atoms with Gasteiger partial charge in [-0.25, -0.2) is 4.98 Å². The second kappa shape index (κ2) is 4.41. The minimum atomic E-state index is 0.104. The van der Waals surface area contributed by atoms with Crippen LogP contribution >= 0.6 is 0 Å². The number of aromatic nitrogens is 3. The van der Waals surface area contributed by atoms with Crippen LogP contribution in [-0.2, 0) is 0 Å². The van der Waals surface area contributed by atoms with E-state index in [1.165, 1.54) is 0 Å². The summed E-state index contributed by atoms with van der Waals surface area (Å²) in [7, 11) is 0. The first kappa shape index (κ1) is 11.2. The van der Waals surface area contributed by atoms with Gasteiger partial charge in [-0.3, -0.25) is 0 Å². The Morgan fingerprint density at radius 1 is 0.895 bits per heavy atom. The zero-order valence-electron chi connectivity index (χ0n) is 9.95. The summed E-state index contributed by atoms with van der Waals surface area (Å²) in [5, 5.41) is 4.01. The number of rotatable bonds is 2. The van der Waals surface area contributed by atoms with Crippen molar-refractivity contribution in [1.82, 2.24) is 15.1 Å². The number of nitrogens with two attached hydrogens (primary N) is 2. The Kier molecular flexibility index (Phi) is 2.60. The average Bonchev–Trinajstić information content (AvgIpc) is 2.88. The minimum absolute atomic E-state index is 0.104. The molecular formula is C13H11N5O. The van der Waals surface area contributed by atoms with Gasteiger partial charge in [-0.2, -0.15) is 4.98 Å². The van der Waals surface area contributed by atoms with Gasteiger partial charge in [-0.15, -0.1) is 0 Å². The molecule has 2 heterocycles. The SMILES string of the molecule is Nc1cc(-c2cc(-c3ccccc3)no2)nc(N)n1. The largest absolute Gasteiger partial charge is 0.384 e. The first-order chi connectivity index (χ1) is 9.22. The zero-order chi connectivity index (χ0) is 13.2. The first-order valence-corrected chi connectivity index (χ1v) is 5.65. The smallest absolute Gasteiger partial charge is 0.222 e. The van der Waals surface area contributed by atoms with Gasteiger partial charge in [-0.1, -0.05) is 35.5 Å². The number of anilines is 2. The summed E-state index contributed by atoms with van der Waals surface area (Å²) < 4.78 is 5.26. The molecule has 4 N–H and O–H groups in total. The molecule has 0 atom stereocenters. The predicted octanol–water partition coefficient (Wildman–Crippen LogP) is 1.96. The van der Waals surface area contributed by atoms with E-state index in [1.54, 1.807) is 12.1 Å². The van der Waals surface area contributed by atoms with Crippen molar-refractivity contribution in [3.63, 3.8) is 0 Å². The normalized spacial score (nSPS) is 10.5. The van der Waals surface area contributed by atoms with E-state index in [1.807, 2.05) is 30.3 Å². The molecule has 0 unspecified atom stereocenters. The topological polar surface area (TPSA) is 104 Å². The van der Waals surface area contributed by atoms with Crippen LogP contribution in [0.1, 0.15) is 0 Å². The van der Waals surface area contributed by atoms with E-state index in [0.29, 0.717) is 17.3 Å². The lowest BCUT2D eigenvalue weighted by Crippen LogP contribution is -2.00. The van der Waals surface area contributed by atoms with Crippen LogP contribution in [0.3, 0.4) is 0 Å². The summed E-state index contributed by atoms with van der Waals surface area (Å²) in [6, 6.07) is 13.1. The second-order valence-electron chi connectivity index (χ2n) is 3.98. The van der Waals surface area contributed by atoms with Crippen molar-refractivity contribution < 1.29 is 4.52 Å². The third kappa shape index (κ3) is 2.23. The van der Waals surface area contributed by atoms with Crippen LogP contribution in [-0.4, -0.2) is 15.1 Å². The van der Waals surface area contributed by atoms with Crippen molar-refractivity contribution in [3.8, 4) is 22.7 Å². The van der Waals surface area contributed by atoms with Crippen molar-refractivity contribution in [1.29, 1.82) is 0 Å². The van der Waals surface area contributed by atoms with Gasteiger partial charge in [0.25, 0.3) is 0 Å². The highest BCUT2D eigenvalue weighted by Gasteiger charge is 2.11. The first-order valence-electron chi connectivity index (χ1n) is 5.65. The Morgan fingerprint density at radius 3 is 2.42 bits per heavy atom. The van der Waals surface area contributed by atoms with Crippen LogP contribution < -0.4 is 11.5 Å². The molecule has 6 nitrogen and oxygen atoms in total. The maximum atomic E-state index is 5.62. The van der Waals surface area contributed by atoms with Crippen molar-refractivity contribution >= 4 is 11.8 Å². The maximum absolute atomic E-state index is 5.62. The Labute approximate surface area is 109 Å². The molecule has 0 aliphatic heterocycles. The van der Waals surface area contributed by atoms with Crippen LogP contribution in [0.5, 0.6) is 0 Å². The van der Waals surface area contributed by atoms with E-state index in [9.17, 15) is 0 Å². The highest BCUT2D eigenvalue weighted by Crippen LogP contribution is 2.25. The summed E-state index contributed by atoms with van der Waals surface area (Å²) in [5.41, 5.74) is 13.4. The minimum Gasteiger partial charge on any atom is -0.384 e. The van der Waals surface area contributed by atoms with Crippen LogP contribution in [0, 0.1) is 0 Å². The lowest BCUT2D eigenvalue weighted by molar-refractivity contribution is 0.433. The van der Waals surface area contributed by atoms with Crippen molar-refractivity contribution in [3.05, 3.63) is 42.5 Å². The van der Waals surface area contributed by atoms with Crippen molar-refractivity contribution in [2.24, 2.45) is 0 Å². The standard InChI is InChI=1S/C13H11N5O/c14-12-7-10(16-13(15)17-12)11-6-9(18-19-11)8-4-2-1-3-5-8/h1-7H,(H4,14,15,16,17). The average molecular weight is 253 g/mol. The molecule has 0 aliphatic rings. The maximum Gasteiger partial charge on any atom is 0.222 e. The third-order valence-electron chi connectivity index (χ3n) is 2.60. The van der Waals surface area contributed by atoms with Gasteiger partial charge in [0, 0.05) is 17.7 Å². The molecule has 0 spiro atoms. The molecule has 0 aliphatic carbocycles. The highest BCUT2D eigenvalue weighted by molar-refractivity contribution is 5.66. The molecule has 0 fully saturated rings. The number of nitrogen functional groups attached to an aromatic ring is 2. The fourth-order valence-electron chi connectivity index (χ4n) is 1.75. The molecule has 0 bridgehead atoms. The highest BCUT2D eigenvalue weighted by atomic mass is 16.5. The Morgan fingerprint density at radius 2 is 1.68 bits per heavy atom. The predicted molar refractivity (Wildman–Crippen MR) is 71.8 cm³/mol. The molecule has 3 rings (SSSR count). The Hall–Kier alpha value is -2.89. The lowest BCUT2D eigenvalue weighted by Gasteiger charge is -1.98. The van der Waals surface area contributed by atoms with Crippen LogP contribution in [0.25, 0.3) is 22.7 Å². The Balaban J connectivity index is 2.02. The second-order valence-corrected chi connectivity index (χ2v) is 3.98. The van der Waals surface area contributed by atoms with Gasteiger partial charge in [0.2, 0.25) is 5.95 Å². The fraction of sp³-hybridized carbons (Fsp3) is 0. The molecule has 1 aromatic carbocycles. The number of hydrogen-bond donors (Lipinski definition) is 2. The van der Waals surface area contributed by atoms with Gasteiger partial charge in [0.05, 0.1) is 0 Å². The van der Waals surface area contributed by atoms with Gasteiger partial charge in [0.15, 0.2) is 5.76 Å². The number of nitrogens with zero attached hydrogens (tertiary/aromatic N) is 3. The lowest BCUT2D eigenvalue weighted by atomic mass is 10.1. The van der Waals surface area contributed by atoms with E-state index >= 15 is 0 Å². The summed E-state index contributed by atoms with van der Waals surface area (Å²) in [6.07, 6.45) is 0. The zero-order valence-corrected chi connectivity index (χ0v) is 9.95. The quantitative estimate of drug-likeness (QED) is 0.723. The summed E-state index contributed by atoms with van der Waals surface area (Å²) >= 11 is 0. The van der Waals surface area contributed by atoms with Gasteiger partial charge < -0.3 is 16.0 Å². The van der Waals surface area contributed by atoms with E-state index in [-0.39, 0.29) is 5.95 Å². The molecule has 19 heavy (non-hydrogen) atoms. The van der Waals surface area contributed by atoms with Crippen LogP contribution in [0.4, 0.5) is 11.8 Å². The van der Waals surface area contributed by atoms with Gasteiger partial charge in [0.1, 0.15) is 17.2 Å². The van der Waals surface area contributed by atoms with Crippen LogP contribution in [0.2, 0.25) is 0 Å². The van der Waals surface area contributed by atoms with Gasteiger partial charge >= 0.3 is 0 Å². The van der Waals surface area contributed by atoms with E-state index in [4.69, 9.17) is 16.0 Å². The summed E-state index contributed by atoms with van der Waals surface area (Å²) in [6.45, 7) is 0. The molecule has 94 valence electrons. The van der Waals surface area contributed by atoms with E-state index < -0.39 is 0 Å². The molecular weight excluding hydrogens is 242 g/mol. The molecule has 0 saturated carbocycles. The number of benzene rings is 1. The molecule has 3 aromatic rings.